The highest BCUT2D eigenvalue weighted by atomic mass is 19.4. The van der Waals surface area contributed by atoms with E-state index in [0.717, 1.165) is 31.5 Å². The van der Waals surface area contributed by atoms with Crippen LogP contribution in [0.15, 0.2) is 24.3 Å². The van der Waals surface area contributed by atoms with Crippen molar-refractivity contribution in [2.24, 2.45) is 0 Å². The summed E-state index contributed by atoms with van der Waals surface area (Å²) < 4.78 is 38.5. The predicted octanol–water partition coefficient (Wildman–Crippen LogP) is 3.44. The number of carbonyl (C=O) groups excluding carboxylic acids is 2. The Balaban J connectivity index is 1.32. The van der Waals surface area contributed by atoms with E-state index < -0.39 is 17.6 Å². The lowest BCUT2D eigenvalue weighted by Gasteiger charge is -2.35. The molecule has 1 N–H and O–H groups in total. The van der Waals surface area contributed by atoms with Gasteiger partial charge in [-0.3, -0.25) is 14.5 Å². The van der Waals surface area contributed by atoms with Crippen molar-refractivity contribution in [3.8, 4) is 0 Å². The molecule has 2 aliphatic heterocycles. The molecule has 164 valence electrons. The number of amides is 2. The van der Waals surface area contributed by atoms with E-state index in [2.05, 4.69) is 10.2 Å². The number of carbonyl (C=O) groups is 2. The van der Waals surface area contributed by atoms with Crippen LogP contribution in [-0.4, -0.2) is 59.4 Å². The molecule has 1 aromatic carbocycles. The van der Waals surface area contributed by atoms with Crippen LogP contribution in [-0.2, 0) is 11.0 Å². The molecule has 30 heavy (non-hydrogen) atoms. The van der Waals surface area contributed by atoms with Crippen molar-refractivity contribution in [1.82, 2.24) is 15.1 Å². The maximum atomic E-state index is 12.8. The van der Waals surface area contributed by atoms with E-state index in [1.54, 1.807) is 0 Å². The minimum absolute atomic E-state index is 0.0961. The van der Waals surface area contributed by atoms with Crippen LogP contribution >= 0.6 is 0 Å². The van der Waals surface area contributed by atoms with Crippen molar-refractivity contribution >= 4 is 11.8 Å². The number of hydrogen-bond acceptors (Lipinski definition) is 3. The third-order valence-electron chi connectivity index (χ3n) is 6.84. The fourth-order valence-corrected chi connectivity index (χ4v) is 5.39. The largest absolute Gasteiger partial charge is 0.416 e. The number of nitrogens with zero attached hydrogens (tertiary/aromatic N) is 2. The Morgan fingerprint density at radius 1 is 1.00 bits per heavy atom. The standard InChI is InChI=1S/C22H28F3N3O2/c23-22(24,25)16-6-4-5-15(13-16)21(30)26-14-20(29)28-12-10-18-19(28)9-11-27(18)17-7-2-1-3-8-17/h4-6,13,17-19H,1-3,7-12,14H2,(H,26,30). The molecule has 0 spiro atoms. The van der Waals surface area contributed by atoms with Crippen molar-refractivity contribution < 1.29 is 22.8 Å². The number of halogens is 3. The Bertz CT molecular complexity index is 792. The van der Waals surface area contributed by atoms with Crippen LogP contribution in [0.2, 0.25) is 0 Å². The van der Waals surface area contributed by atoms with Gasteiger partial charge in [-0.25, -0.2) is 0 Å². The van der Waals surface area contributed by atoms with Crippen LogP contribution in [0.4, 0.5) is 13.2 Å². The fraction of sp³-hybridized carbons (Fsp3) is 0.636. The highest BCUT2D eigenvalue weighted by Crippen LogP contribution is 2.36. The summed E-state index contributed by atoms with van der Waals surface area (Å²) in [5.41, 5.74) is -0.973. The second kappa shape index (κ2) is 8.57. The Morgan fingerprint density at radius 2 is 1.73 bits per heavy atom. The minimum Gasteiger partial charge on any atom is -0.343 e. The number of nitrogens with one attached hydrogen (secondary N) is 1. The zero-order valence-corrected chi connectivity index (χ0v) is 17.0. The smallest absolute Gasteiger partial charge is 0.343 e. The summed E-state index contributed by atoms with van der Waals surface area (Å²) in [6.45, 7) is 1.50. The van der Waals surface area contributed by atoms with Crippen LogP contribution in [0.5, 0.6) is 0 Å². The van der Waals surface area contributed by atoms with Crippen molar-refractivity contribution in [2.45, 2.75) is 69.2 Å². The molecule has 8 heteroatoms. The van der Waals surface area contributed by atoms with Gasteiger partial charge in [0.2, 0.25) is 5.91 Å². The predicted molar refractivity (Wildman–Crippen MR) is 106 cm³/mol. The quantitative estimate of drug-likeness (QED) is 0.807. The highest BCUT2D eigenvalue weighted by molar-refractivity contribution is 5.96. The van der Waals surface area contributed by atoms with Gasteiger partial charge < -0.3 is 10.2 Å². The molecule has 2 atom stereocenters. The maximum Gasteiger partial charge on any atom is 0.416 e. The molecule has 0 radical (unpaired) electrons. The molecule has 2 amide bonds. The van der Waals surface area contributed by atoms with E-state index >= 15 is 0 Å². The molecule has 1 aromatic rings. The third kappa shape index (κ3) is 4.33. The van der Waals surface area contributed by atoms with Gasteiger partial charge in [-0.1, -0.05) is 25.3 Å². The average Bonchev–Trinajstić information content (AvgIpc) is 3.34. The van der Waals surface area contributed by atoms with Crippen molar-refractivity contribution in [2.75, 3.05) is 19.6 Å². The number of alkyl halides is 3. The number of fused-ring (bicyclic) bond motifs is 1. The van der Waals surface area contributed by atoms with E-state index in [-0.39, 0.29) is 24.1 Å². The van der Waals surface area contributed by atoms with E-state index in [1.165, 1.54) is 44.2 Å². The Hall–Kier alpha value is -2.09. The lowest BCUT2D eigenvalue weighted by atomic mass is 9.93. The van der Waals surface area contributed by atoms with Crippen molar-refractivity contribution in [3.63, 3.8) is 0 Å². The highest BCUT2D eigenvalue weighted by Gasteiger charge is 2.46. The van der Waals surface area contributed by atoms with Crippen molar-refractivity contribution in [3.05, 3.63) is 35.4 Å². The zero-order chi connectivity index (χ0) is 21.3. The van der Waals surface area contributed by atoms with Gasteiger partial charge in [-0.15, -0.1) is 0 Å². The normalized spacial score (nSPS) is 25.4. The van der Waals surface area contributed by atoms with Gasteiger partial charge in [0.05, 0.1) is 12.1 Å². The van der Waals surface area contributed by atoms with Gasteiger partial charge >= 0.3 is 6.18 Å². The fourth-order valence-electron chi connectivity index (χ4n) is 5.39. The molecule has 2 unspecified atom stereocenters. The number of hydrogen-bond donors (Lipinski definition) is 1. The summed E-state index contributed by atoms with van der Waals surface area (Å²) in [5, 5.41) is 2.50. The first-order chi connectivity index (χ1) is 14.3. The molecule has 2 saturated heterocycles. The van der Waals surface area contributed by atoms with Gasteiger partial charge in [0, 0.05) is 36.8 Å². The zero-order valence-electron chi connectivity index (χ0n) is 17.0. The molecule has 1 aliphatic carbocycles. The minimum atomic E-state index is -4.51. The van der Waals surface area contributed by atoms with Crippen LogP contribution in [0.3, 0.4) is 0 Å². The van der Waals surface area contributed by atoms with E-state index in [4.69, 9.17) is 0 Å². The molecule has 3 aliphatic rings. The Labute approximate surface area is 174 Å². The number of likely N-dealkylation sites (tertiary alicyclic amines) is 2. The van der Waals surface area contributed by atoms with Crippen LogP contribution in [0.1, 0.15) is 60.9 Å². The second-order valence-corrected chi connectivity index (χ2v) is 8.59. The molecular formula is C22H28F3N3O2. The van der Waals surface area contributed by atoms with Gasteiger partial charge in [-0.05, 0) is 43.9 Å². The van der Waals surface area contributed by atoms with Gasteiger partial charge in [0.15, 0.2) is 0 Å². The molecule has 2 heterocycles. The molecule has 0 bridgehead atoms. The third-order valence-corrected chi connectivity index (χ3v) is 6.84. The van der Waals surface area contributed by atoms with Gasteiger partial charge in [-0.2, -0.15) is 13.2 Å². The first-order valence-electron chi connectivity index (χ1n) is 10.9. The summed E-state index contributed by atoms with van der Waals surface area (Å²) >= 11 is 0. The second-order valence-electron chi connectivity index (χ2n) is 8.59. The molecular weight excluding hydrogens is 395 g/mol. The van der Waals surface area contributed by atoms with E-state index in [9.17, 15) is 22.8 Å². The first-order valence-corrected chi connectivity index (χ1v) is 10.9. The van der Waals surface area contributed by atoms with E-state index in [0.29, 0.717) is 18.6 Å². The monoisotopic (exact) mass is 423 g/mol. The molecule has 5 nitrogen and oxygen atoms in total. The topological polar surface area (TPSA) is 52.7 Å². The van der Waals surface area contributed by atoms with E-state index in [1.807, 2.05) is 4.90 Å². The molecule has 0 aromatic heterocycles. The first kappa shape index (κ1) is 21.2. The molecule has 3 fully saturated rings. The average molecular weight is 423 g/mol. The summed E-state index contributed by atoms with van der Waals surface area (Å²) in [4.78, 5) is 29.5. The van der Waals surface area contributed by atoms with Gasteiger partial charge in [0.25, 0.3) is 5.91 Å². The van der Waals surface area contributed by atoms with Gasteiger partial charge in [0.1, 0.15) is 0 Å². The van der Waals surface area contributed by atoms with Crippen LogP contribution < -0.4 is 5.32 Å². The summed E-state index contributed by atoms with van der Waals surface area (Å²) in [7, 11) is 0. The summed E-state index contributed by atoms with van der Waals surface area (Å²) in [6.07, 6.45) is 3.75. The lowest BCUT2D eigenvalue weighted by Crippen LogP contribution is -2.46. The summed E-state index contributed by atoms with van der Waals surface area (Å²) in [6, 6.07) is 5.46. The SMILES string of the molecule is O=C(NCC(=O)N1CCC2C1CCN2C1CCCCC1)c1cccc(C(F)(F)F)c1. The Kier molecular flexibility index (Phi) is 6.04. The van der Waals surface area contributed by atoms with Crippen LogP contribution in [0.25, 0.3) is 0 Å². The summed E-state index contributed by atoms with van der Waals surface area (Å²) in [5.74, 6) is -0.825. The van der Waals surface area contributed by atoms with Crippen molar-refractivity contribution in [1.29, 1.82) is 0 Å². The Morgan fingerprint density at radius 3 is 2.47 bits per heavy atom. The molecule has 1 saturated carbocycles. The number of benzene rings is 1. The maximum absolute atomic E-state index is 12.8. The molecule has 4 rings (SSSR count). The van der Waals surface area contributed by atoms with Crippen LogP contribution in [0, 0.1) is 0 Å². The number of rotatable bonds is 4. The lowest BCUT2D eigenvalue weighted by molar-refractivity contribution is -0.137.